The molecule has 0 bridgehead atoms. The van der Waals surface area contributed by atoms with Crippen LogP contribution in [0.1, 0.15) is 11.3 Å². The molecule has 0 fully saturated rings. The minimum absolute atomic E-state index is 0.190. The molecule has 0 amide bonds. The van der Waals surface area contributed by atoms with Crippen molar-refractivity contribution < 1.29 is 9.84 Å². The summed E-state index contributed by atoms with van der Waals surface area (Å²) in [6, 6.07) is 22.8. The van der Waals surface area contributed by atoms with E-state index in [1.807, 2.05) is 72.8 Å². The molecule has 0 saturated heterocycles. The van der Waals surface area contributed by atoms with E-state index in [4.69, 9.17) is 4.74 Å². The Balaban J connectivity index is 1.55. The third-order valence-corrected chi connectivity index (χ3v) is 4.30. The largest absolute Gasteiger partial charge is 0.455 e. The van der Waals surface area contributed by atoms with Crippen molar-refractivity contribution in [2.75, 3.05) is 10.6 Å². The molecule has 0 aliphatic carbocycles. The number of rotatable bonds is 8. The number of aliphatic hydroxyl groups is 1. The van der Waals surface area contributed by atoms with Crippen molar-refractivity contribution in [3.8, 4) is 11.5 Å². The summed E-state index contributed by atoms with van der Waals surface area (Å²) in [5, 5.41) is 16.1. The Hall–Kier alpha value is -3.97. The van der Waals surface area contributed by atoms with Gasteiger partial charge in [-0.3, -0.25) is 4.98 Å². The van der Waals surface area contributed by atoms with Gasteiger partial charge in [0.1, 0.15) is 11.6 Å². The molecule has 0 aliphatic rings. The second kappa shape index (κ2) is 9.49. The SMILES string of the molecule is OCc1cnc(NCc2ccccn2)nc1Nc1ccccc1Oc1ccccc1. The molecule has 4 aromatic rings. The van der Waals surface area contributed by atoms with Crippen LogP contribution >= 0.6 is 0 Å². The van der Waals surface area contributed by atoms with E-state index in [0.717, 1.165) is 17.1 Å². The molecule has 2 aromatic heterocycles. The molecule has 0 aliphatic heterocycles. The maximum atomic E-state index is 9.72. The number of hydrogen-bond donors (Lipinski definition) is 3. The summed E-state index contributed by atoms with van der Waals surface area (Å²) in [4.78, 5) is 13.1. The number of benzene rings is 2. The molecule has 7 nitrogen and oxygen atoms in total. The summed E-state index contributed by atoms with van der Waals surface area (Å²) in [7, 11) is 0. The molecule has 0 radical (unpaired) electrons. The third-order valence-electron chi connectivity index (χ3n) is 4.30. The predicted molar refractivity (Wildman–Crippen MR) is 116 cm³/mol. The van der Waals surface area contributed by atoms with Crippen LogP contribution in [0.4, 0.5) is 17.5 Å². The fourth-order valence-corrected chi connectivity index (χ4v) is 2.79. The first-order valence-corrected chi connectivity index (χ1v) is 9.51. The predicted octanol–water partition coefficient (Wildman–Crippen LogP) is 4.51. The molecular formula is C23H21N5O2. The minimum Gasteiger partial charge on any atom is -0.455 e. The summed E-state index contributed by atoms with van der Waals surface area (Å²) in [5.74, 6) is 2.31. The first-order valence-electron chi connectivity index (χ1n) is 9.51. The van der Waals surface area contributed by atoms with E-state index in [1.165, 1.54) is 0 Å². The van der Waals surface area contributed by atoms with Crippen LogP contribution in [0.5, 0.6) is 11.5 Å². The standard InChI is InChI=1S/C23H21N5O2/c29-16-17-14-25-23(26-15-18-8-6-7-13-24-18)28-22(17)27-20-11-4-5-12-21(20)30-19-9-2-1-3-10-19/h1-14,29H,15-16H2,(H2,25,26,27,28). The summed E-state index contributed by atoms with van der Waals surface area (Å²) in [5.41, 5.74) is 2.18. The average molecular weight is 399 g/mol. The molecule has 0 unspecified atom stereocenters. The van der Waals surface area contributed by atoms with E-state index in [0.29, 0.717) is 29.6 Å². The Labute approximate surface area is 174 Å². The first-order chi connectivity index (χ1) is 14.8. The van der Waals surface area contributed by atoms with E-state index in [9.17, 15) is 5.11 Å². The second-order valence-electron chi connectivity index (χ2n) is 6.44. The van der Waals surface area contributed by atoms with Gasteiger partial charge in [0.15, 0.2) is 5.75 Å². The van der Waals surface area contributed by atoms with Crippen LogP contribution in [0.15, 0.2) is 85.2 Å². The third kappa shape index (κ3) is 4.89. The van der Waals surface area contributed by atoms with E-state index in [-0.39, 0.29) is 6.61 Å². The zero-order chi connectivity index (χ0) is 20.6. The number of ether oxygens (including phenoxy) is 1. The van der Waals surface area contributed by atoms with Gasteiger partial charge in [-0.25, -0.2) is 4.98 Å². The van der Waals surface area contributed by atoms with Gasteiger partial charge in [-0.1, -0.05) is 36.4 Å². The Kier molecular flexibility index (Phi) is 6.12. The Morgan fingerprint density at radius 2 is 1.67 bits per heavy atom. The van der Waals surface area contributed by atoms with Gasteiger partial charge < -0.3 is 20.5 Å². The maximum absolute atomic E-state index is 9.72. The van der Waals surface area contributed by atoms with Gasteiger partial charge in [0.25, 0.3) is 0 Å². The van der Waals surface area contributed by atoms with Gasteiger partial charge in [-0.2, -0.15) is 4.98 Å². The van der Waals surface area contributed by atoms with Crippen LogP contribution in [0.25, 0.3) is 0 Å². The van der Waals surface area contributed by atoms with Crippen LogP contribution < -0.4 is 15.4 Å². The van der Waals surface area contributed by atoms with E-state index < -0.39 is 0 Å². The van der Waals surface area contributed by atoms with Gasteiger partial charge >= 0.3 is 0 Å². The summed E-state index contributed by atoms with van der Waals surface area (Å²) < 4.78 is 6.00. The lowest BCUT2D eigenvalue weighted by Gasteiger charge is -2.15. The topological polar surface area (TPSA) is 92.2 Å². The van der Waals surface area contributed by atoms with Gasteiger partial charge in [-0.05, 0) is 36.4 Å². The molecule has 0 spiro atoms. The van der Waals surface area contributed by atoms with Crippen LogP contribution in [0, 0.1) is 0 Å². The Morgan fingerprint density at radius 3 is 2.47 bits per heavy atom. The summed E-state index contributed by atoms with van der Waals surface area (Å²) in [6.07, 6.45) is 3.33. The molecule has 30 heavy (non-hydrogen) atoms. The number of nitrogens with zero attached hydrogens (tertiary/aromatic N) is 3. The summed E-state index contributed by atoms with van der Waals surface area (Å²) >= 11 is 0. The van der Waals surface area contributed by atoms with Crippen LogP contribution in [0.2, 0.25) is 0 Å². The number of para-hydroxylation sites is 3. The molecule has 150 valence electrons. The molecule has 2 aromatic carbocycles. The zero-order valence-electron chi connectivity index (χ0n) is 16.2. The van der Waals surface area contributed by atoms with E-state index in [2.05, 4.69) is 25.6 Å². The first kappa shape index (κ1) is 19.4. The minimum atomic E-state index is -0.190. The molecular weight excluding hydrogens is 378 g/mol. The highest BCUT2D eigenvalue weighted by molar-refractivity contribution is 5.67. The van der Waals surface area contributed by atoms with E-state index >= 15 is 0 Å². The molecule has 4 rings (SSSR count). The van der Waals surface area contributed by atoms with Crippen molar-refractivity contribution in [2.45, 2.75) is 13.2 Å². The van der Waals surface area contributed by atoms with Gasteiger partial charge in [0, 0.05) is 18.0 Å². The molecule has 0 saturated carbocycles. The number of anilines is 3. The highest BCUT2D eigenvalue weighted by Crippen LogP contribution is 2.32. The van der Waals surface area contributed by atoms with Crippen molar-refractivity contribution in [3.63, 3.8) is 0 Å². The average Bonchev–Trinajstić information content (AvgIpc) is 2.80. The number of hydrogen-bond acceptors (Lipinski definition) is 7. The highest BCUT2D eigenvalue weighted by Gasteiger charge is 2.11. The lowest BCUT2D eigenvalue weighted by Crippen LogP contribution is -2.08. The Bertz CT molecular complexity index is 1090. The number of nitrogens with one attached hydrogen (secondary N) is 2. The normalized spacial score (nSPS) is 10.4. The van der Waals surface area contributed by atoms with Crippen molar-refractivity contribution in [1.29, 1.82) is 0 Å². The maximum Gasteiger partial charge on any atom is 0.224 e. The van der Waals surface area contributed by atoms with Crippen molar-refractivity contribution in [1.82, 2.24) is 15.0 Å². The van der Waals surface area contributed by atoms with Crippen LogP contribution in [0.3, 0.4) is 0 Å². The zero-order valence-corrected chi connectivity index (χ0v) is 16.2. The number of pyridine rings is 1. The molecule has 0 atom stereocenters. The molecule has 7 heteroatoms. The van der Waals surface area contributed by atoms with Gasteiger partial charge in [0.05, 0.1) is 24.5 Å². The smallest absolute Gasteiger partial charge is 0.224 e. The Morgan fingerprint density at radius 1 is 0.867 bits per heavy atom. The van der Waals surface area contributed by atoms with Gasteiger partial charge in [0.2, 0.25) is 5.95 Å². The van der Waals surface area contributed by atoms with Crippen LogP contribution in [-0.2, 0) is 13.2 Å². The monoisotopic (exact) mass is 399 g/mol. The van der Waals surface area contributed by atoms with Crippen LogP contribution in [-0.4, -0.2) is 20.1 Å². The van der Waals surface area contributed by atoms with Crippen molar-refractivity contribution in [3.05, 3.63) is 96.4 Å². The summed E-state index contributed by atoms with van der Waals surface area (Å²) in [6.45, 7) is 0.303. The van der Waals surface area contributed by atoms with Crippen molar-refractivity contribution in [2.24, 2.45) is 0 Å². The fourth-order valence-electron chi connectivity index (χ4n) is 2.79. The number of aliphatic hydroxyl groups excluding tert-OH is 1. The van der Waals surface area contributed by atoms with Gasteiger partial charge in [-0.15, -0.1) is 0 Å². The number of aromatic nitrogens is 3. The second-order valence-corrected chi connectivity index (χ2v) is 6.44. The quantitative estimate of drug-likeness (QED) is 0.401. The highest BCUT2D eigenvalue weighted by atomic mass is 16.5. The van der Waals surface area contributed by atoms with Crippen molar-refractivity contribution >= 4 is 17.5 Å². The van der Waals surface area contributed by atoms with E-state index in [1.54, 1.807) is 12.4 Å². The fraction of sp³-hybridized carbons (Fsp3) is 0.0870. The lowest BCUT2D eigenvalue weighted by atomic mass is 10.2. The molecule has 3 N–H and O–H groups in total. The lowest BCUT2D eigenvalue weighted by molar-refractivity contribution is 0.281. The molecule has 2 heterocycles.